The van der Waals surface area contributed by atoms with E-state index in [-0.39, 0.29) is 32.6 Å². The van der Waals surface area contributed by atoms with Crippen LogP contribution in [0.5, 0.6) is 0 Å². The van der Waals surface area contributed by atoms with Crippen LogP contribution >= 0.6 is 7.82 Å². The minimum absolute atomic E-state index is 0.0501. The summed E-state index contributed by atoms with van der Waals surface area (Å²) in [7, 11) is -4.38. The summed E-state index contributed by atoms with van der Waals surface area (Å²) in [5.41, 5.74) is 5.35. The first-order valence-corrected chi connectivity index (χ1v) is 25.3. The summed E-state index contributed by atoms with van der Waals surface area (Å²) >= 11 is 0. The predicted molar refractivity (Wildman–Crippen MR) is 238 cm³/mol. The Morgan fingerprint density at radius 3 is 1.32 bits per heavy atom. The number of nitrogens with two attached hydrogens (primary N) is 1. The maximum Gasteiger partial charge on any atom is 0.472 e. The lowest BCUT2D eigenvalue weighted by Crippen LogP contribution is -2.29. The molecule has 9 nitrogen and oxygen atoms in total. The SMILES string of the molecule is CCCCCC/C=C/CCCCCCCC(=O)O[C@@H](COC(=O)CCC/C=C/CCCCCCCCCCCCCCCCCCCC)COP(=O)(O)OCCN. The van der Waals surface area contributed by atoms with Crippen molar-refractivity contribution in [3.8, 4) is 0 Å². The molecule has 57 heavy (non-hydrogen) atoms. The van der Waals surface area contributed by atoms with Gasteiger partial charge in [0.15, 0.2) is 6.10 Å². The van der Waals surface area contributed by atoms with Crippen molar-refractivity contribution in [2.75, 3.05) is 26.4 Å². The van der Waals surface area contributed by atoms with Gasteiger partial charge in [-0.3, -0.25) is 18.6 Å². The summed E-state index contributed by atoms with van der Waals surface area (Å²) in [4.78, 5) is 34.9. The molecule has 0 aromatic heterocycles. The van der Waals surface area contributed by atoms with Crippen molar-refractivity contribution >= 4 is 19.8 Å². The molecule has 0 aliphatic heterocycles. The highest BCUT2D eigenvalue weighted by atomic mass is 31.2. The Bertz CT molecular complexity index is 990. The number of carbonyl (C=O) groups excluding carboxylic acids is 2. The fourth-order valence-corrected chi connectivity index (χ4v) is 7.52. The van der Waals surface area contributed by atoms with Gasteiger partial charge in [-0.25, -0.2) is 4.57 Å². The number of phosphoric acid groups is 1. The molecule has 0 heterocycles. The summed E-state index contributed by atoms with van der Waals surface area (Å²) in [6, 6.07) is 0. The summed E-state index contributed by atoms with van der Waals surface area (Å²) in [5, 5.41) is 0. The molecule has 0 fully saturated rings. The van der Waals surface area contributed by atoms with E-state index in [1.807, 2.05) is 0 Å². The third-order valence-electron chi connectivity index (χ3n) is 10.3. The Morgan fingerprint density at radius 2 is 0.877 bits per heavy atom. The topological polar surface area (TPSA) is 134 Å². The number of carbonyl (C=O) groups is 2. The highest BCUT2D eigenvalue weighted by molar-refractivity contribution is 7.47. The molecule has 0 aliphatic carbocycles. The smallest absolute Gasteiger partial charge is 0.462 e. The van der Waals surface area contributed by atoms with Gasteiger partial charge in [0.2, 0.25) is 0 Å². The Morgan fingerprint density at radius 1 is 0.509 bits per heavy atom. The summed E-state index contributed by atoms with van der Waals surface area (Å²) in [6.07, 6.45) is 48.0. The van der Waals surface area contributed by atoms with E-state index in [1.54, 1.807) is 0 Å². The second kappa shape index (κ2) is 44.1. The van der Waals surface area contributed by atoms with Crippen LogP contribution in [0.3, 0.4) is 0 Å². The van der Waals surface area contributed by atoms with Crippen molar-refractivity contribution in [3.05, 3.63) is 24.3 Å². The number of allylic oxidation sites excluding steroid dienone is 4. The van der Waals surface area contributed by atoms with Gasteiger partial charge in [-0.2, -0.15) is 0 Å². The van der Waals surface area contributed by atoms with Crippen LogP contribution in [0.15, 0.2) is 24.3 Å². The molecule has 10 heteroatoms. The van der Waals surface area contributed by atoms with E-state index in [4.69, 9.17) is 24.3 Å². The average molecular weight is 828 g/mol. The highest BCUT2D eigenvalue weighted by Gasteiger charge is 2.26. The van der Waals surface area contributed by atoms with E-state index in [9.17, 15) is 19.0 Å². The molecule has 0 aliphatic rings. The number of esters is 2. The molecule has 0 aromatic carbocycles. The maximum atomic E-state index is 12.6. The fourth-order valence-electron chi connectivity index (χ4n) is 6.75. The maximum absolute atomic E-state index is 12.6. The molecule has 0 saturated heterocycles. The van der Waals surface area contributed by atoms with E-state index < -0.39 is 32.5 Å². The number of hydrogen-bond acceptors (Lipinski definition) is 8. The molecule has 0 aromatic rings. The zero-order chi connectivity index (χ0) is 41.8. The lowest BCUT2D eigenvalue weighted by Gasteiger charge is -2.19. The first-order valence-electron chi connectivity index (χ1n) is 23.8. The lowest BCUT2D eigenvalue weighted by atomic mass is 10.0. The van der Waals surface area contributed by atoms with Gasteiger partial charge < -0.3 is 20.1 Å². The van der Waals surface area contributed by atoms with Gasteiger partial charge in [-0.1, -0.05) is 186 Å². The molecule has 0 radical (unpaired) electrons. The van der Waals surface area contributed by atoms with Gasteiger partial charge >= 0.3 is 19.8 Å². The van der Waals surface area contributed by atoms with Crippen LogP contribution in [0.1, 0.15) is 232 Å². The lowest BCUT2D eigenvalue weighted by molar-refractivity contribution is -0.161. The third kappa shape index (κ3) is 43.9. The van der Waals surface area contributed by atoms with Gasteiger partial charge in [0.25, 0.3) is 0 Å². The number of unbranched alkanes of at least 4 members (excludes halogenated alkanes) is 28. The van der Waals surface area contributed by atoms with Gasteiger partial charge in [0.1, 0.15) is 6.61 Å². The summed E-state index contributed by atoms with van der Waals surface area (Å²) in [5.74, 6) is -0.868. The first kappa shape index (κ1) is 55.5. The average Bonchev–Trinajstić information content (AvgIpc) is 3.20. The Kier molecular flexibility index (Phi) is 42.9. The molecule has 0 amide bonds. The molecule has 0 bridgehead atoms. The van der Waals surface area contributed by atoms with Crippen molar-refractivity contribution in [1.29, 1.82) is 0 Å². The van der Waals surface area contributed by atoms with E-state index in [0.717, 1.165) is 44.9 Å². The molecule has 3 N–H and O–H groups in total. The van der Waals surface area contributed by atoms with Crippen LogP contribution in [0.25, 0.3) is 0 Å². The van der Waals surface area contributed by atoms with Crippen LogP contribution in [0.4, 0.5) is 0 Å². The number of rotatable bonds is 45. The van der Waals surface area contributed by atoms with Gasteiger partial charge in [0, 0.05) is 19.4 Å². The minimum atomic E-state index is -4.38. The molecule has 1 unspecified atom stereocenters. The van der Waals surface area contributed by atoms with Crippen molar-refractivity contribution in [1.82, 2.24) is 0 Å². The second-order valence-corrected chi connectivity index (χ2v) is 17.4. The predicted octanol–water partition coefficient (Wildman–Crippen LogP) is 13.9. The number of ether oxygens (including phenoxy) is 2. The Hall–Kier alpha value is -1.51. The van der Waals surface area contributed by atoms with E-state index >= 15 is 0 Å². The normalized spacial score (nSPS) is 13.4. The van der Waals surface area contributed by atoms with E-state index in [0.29, 0.717) is 12.8 Å². The van der Waals surface area contributed by atoms with Crippen LogP contribution in [0.2, 0.25) is 0 Å². The van der Waals surface area contributed by atoms with E-state index in [1.165, 1.54) is 148 Å². The monoisotopic (exact) mass is 828 g/mol. The van der Waals surface area contributed by atoms with Crippen LogP contribution in [-0.4, -0.2) is 49.3 Å². The summed E-state index contributed by atoms with van der Waals surface area (Å²) < 4.78 is 32.8. The molecule has 0 spiro atoms. The van der Waals surface area contributed by atoms with Crippen LogP contribution in [-0.2, 0) is 32.7 Å². The molecule has 336 valence electrons. The third-order valence-corrected chi connectivity index (χ3v) is 11.3. The van der Waals surface area contributed by atoms with Crippen LogP contribution < -0.4 is 5.73 Å². The Labute approximate surface area is 351 Å². The van der Waals surface area contributed by atoms with Crippen molar-refractivity contribution < 1.29 is 37.6 Å². The van der Waals surface area contributed by atoms with Gasteiger partial charge in [-0.15, -0.1) is 0 Å². The molecular formula is C47H90NO8P. The largest absolute Gasteiger partial charge is 0.472 e. The molecular weight excluding hydrogens is 737 g/mol. The minimum Gasteiger partial charge on any atom is -0.462 e. The van der Waals surface area contributed by atoms with Crippen molar-refractivity contribution in [2.45, 2.75) is 238 Å². The molecule has 0 saturated carbocycles. The quantitative estimate of drug-likeness (QED) is 0.0266. The van der Waals surface area contributed by atoms with Gasteiger partial charge in [0.05, 0.1) is 13.2 Å². The Balaban J connectivity index is 4.04. The highest BCUT2D eigenvalue weighted by Crippen LogP contribution is 2.43. The zero-order valence-electron chi connectivity index (χ0n) is 37.1. The number of phosphoric ester groups is 1. The first-order chi connectivity index (χ1) is 27.8. The zero-order valence-corrected chi connectivity index (χ0v) is 38.0. The van der Waals surface area contributed by atoms with Crippen molar-refractivity contribution in [3.63, 3.8) is 0 Å². The summed E-state index contributed by atoms with van der Waals surface area (Å²) in [6.45, 7) is 3.70. The molecule has 0 rings (SSSR count). The molecule has 2 atom stereocenters. The number of hydrogen-bond donors (Lipinski definition) is 2. The standard InChI is InChI=1S/C47H90NO8P/c1-3-5-7-9-11-13-15-17-18-19-20-21-22-23-24-25-26-28-29-31-33-35-37-39-46(49)53-43-45(44-55-57(51,52)54-42-41-48)56-47(50)40-38-36-34-32-30-27-16-14-12-10-8-6-4-2/h14,16,31,33,45H,3-13,15,17-30,32,34-44,48H2,1-2H3,(H,51,52)/b16-14+,33-31+/t45-/m0/s1. The van der Waals surface area contributed by atoms with Crippen LogP contribution in [0, 0.1) is 0 Å². The van der Waals surface area contributed by atoms with Gasteiger partial charge in [-0.05, 0) is 57.8 Å². The van der Waals surface area contributed by atoms with Crippen molar-refractivity contribution in [2.24, 2.45) is 5.73 Å². The second-order valence-electron chi connectivity index (χ2n) is 16.0. The fraction of sp³-hybridized carbons (Fsp3) is 0.872. The van der Waals surface area contributed by atoms with E-state index in [2.05, 4.69) is 38.2 Å².